The Morgan fingerprint density at radius 1 is 1.18 bits per heavy atom. The summed E-state index contributed by atoms with van der Waals surface area (Å²) in [6.45, 7) is 13.8. The first-order chi connectivity index (χ1) is 10.4. The highest BCUT2D eigenvalue weighted by Crippen LogP contribution is 2.31. The zero-order valence-corrected chi connectivity index (χ0v) is 14.7. The molecule has 1 aromatic rings. The highest BCUT2D eigenvalue weighted by molar-refractivity contribution is 5.96. The van der Waals surface area contributed by atoms with E-state index in [0.717, 1.165) is 25.2 Å². The van der Waals surface area contributed by atoms with Crippen molar-refractivity contribution >= 4 is 11.6 Å². The number of anilines is 1. The van der Waals surface area contributed by atoms with Gasteiger partial charge in [0.1, 0.15) is 0 Å². The molecule has 0 saturated carbocycles. The number of para-hydroxylation sites is 1. The van der Waals surface area contributed by atoms with E-state index >= 15 is 0 Å². The van der Waals surface area contributed by atoms with Crippen LogP contribution in [0.15, 0.2) is 24.3 Å². The maximum atomic E-state index is 12.9. The van der Waals surface area contributed by atoms with Crippen LogP contribution in [0.5, 0.6) is 0 Å². The third-order valence-electron chi connectivity index (χ3n) is 4.27. The zero-order valence-electron chi connectivity index (χ0n) is 14.7. The molecule has 0 radical (unpaired) electrons. The fourth-order valence-electron chi connectivity index (χ4n) is 3.63. The molecule has 3 nitrogen and oxygen atoms in total. The normalized spacial score (nSPS) is 17.6. The van der Waals surface area contributed by atoms with Crippen molar-refractivity contribution in [3.05, 3.63) is 29.8 Å². The Morgan fingerprint density at radius 3 is 2.36 bits per heavy atom. The van der Waals surface area contributed by atoms with Gasteiger partial charge in [-0.15, -0.1) is 0 Å². The van der Waals surface area contributed by atoms with E-state index in [1.54, 1.807) is 0 Å². The number of carbonyl (C=O) groups is 1. The van der Waals surface area contributed by atoms with E-state index in [0.29, 0.717) is 18.4 Å². The van der Waals surface area contributed by atoms with Crippen LogP contribution >= 0.6 is 0 Å². The fraction of sp³-hybridized carbons (Fsp3) is 0.632. The van der Waals surface area contributed by atoms with Gasteiger partial charge in [-0.2, -0.15) is 0 Å². The standard InChI is InChI=1S/C19H30N2O/c1-14(2)11-20(12-15(3)4)13-19(22)21-16(5)10-17-8-6-7-9-18(17)21/h6-9,14-16H,10-13H2,1-5H3/p+1/t16-/m0/s1. The monoisotopic (exact) mass is 303 g/mol. The van der Waals surface area contributed by atoms with E-state index in [-0.39, 0.29) is 11.9 Å². The Labute approximate surface area is 135 Å². The molecule has 22 heavy (non-hydrogen) atoms. The summed E-state index contributed by atoms with van der Waals surface area (Å²) in [7, 11) is 0. The van der Waals surface area contributed by atoms with Crippen molar-refractivity contribution in [2.75, 3.05) is 24.5 Å². The van der Waals surface area contributed by atoms with Gasteiger partial charge in [0, 0.05) is 23.6 Å². The second-order valence-corrected chi connectivity index (χ2v) is 7.57. The number of hydrogen-bond donors (Lipinski definition) is 1. The van der Waals surface area contributed by atoms with Crippen LogP contribution in [0.2, 0.25) is 0 Å². The quantitative estimate of drug-likeness (QED) is 0.856. The number of quaternary nitrogens is 1. The van der Waals surface area contributed by atoms with Crippen LogP contribution in [0.25, 0.3) is 0 Å². The number of fused-ring (bicyclic) bond motifs is 1. The molecule has 0 aliphatic carbocycles. The van der Waals surface area contributed by atoms with Gasteiger partial charge >= 0.3 is 0 Å². The lowest BCUT2D eigenvalue weighted by Crippen LogP contribution is -3.14. The third kappa shape index (κ3) is 4.10. The lowest BCUT2D eigenvalue weighted by Gasteiger charge is -2.27. The Morgan fingerprint density at radius 2 is 1.77 bits per heavy atom. The molecule has 0 saturated heterocycles. The minimum absolute atomic E-state index is 0.272. The summed E-state index contributed by atoms with van der Waals surface area (Å²) >= 11 is 0. The Hall–Kier alpha value is -1.35. The number of benzene rings is 1. The molecule has 1 atom stereocenters. The van der Waals surface area contributed by atoms with E-state index in [1.165, 1.54) is 10.5 Å². The Bertz CT molecular complexity index is 500. The molecule has 1 aromatic carbocycles. The molecule has 0 fully saturated rings. The van der Waals surface area contributed by atoms with Crippen LogP contribution in [0.4, 0.5) is 5.69 Å². The summed E-state index contributed by atoms with van der Waals surface area (Å²) in [6, 6.07) is 8.61. The first kappa shape index (κ1) is 17.0. The lowest BCUT2D eigenvalue weighted by molar-refractivity contribution is -0.898. The first-order valence-corrected chi connectivity index (χ1v) is 8.62. The smallest absolute Gasteiger partial charge is 0.282 e. The predicted octanol–water partition coefficient (Wildman–Crippen LogP) is 2.16. The molecular formula is C19H31N2O+. The minimum atomic E-state index is 0.272. The number of nitrogens with one attached hydrogen (secondary N) is 1. The maximum Gasteiger partial charge on any atom is 0.282 e. The van der Waals surface area contributed by atoms with E-state index in [1.807, 2.05) is 11.0 Å². The highest BCUT2D eigenvalue weighted by atomic mass is 16.2. The Balaban J connectivity index is 2.09. The van der Waals surface area contributed by atoms with Gasteiger partial charge in [0.25, 0.3) is 5.91 Å². The second-order valence-electron chi connectivity index (χ2n) is 7.57. The van der Waals surface area contributed by atoms with Crippen molar-refractivity contribution in [1.82, 2.24) is 0 Å². The minimum Gasteiger partial charge on any atom is -0.327 e. The van der Waals surface area contributed by atoms with Crippen LogP contribution < -0.4 is 9.80 Å². The van der Waals surface area contributed by atoms with Crippen LogP contribution in [-0.4, -0.2) is 31.6 Å². The van der Waals surface area contributed by atoms with Gasteiger partial charge in [0.2, 0.25) is 0 Å². The molecular weight excluding hydrogens is 272 g/mol. The summed E-state index contributed by atoms with van der Waals surface area (Å²) in [5, 5.41) is 0. The Kier molecular flexibility index (Phi) is 5.63. The van der Waals surface area contributed by atoms with E-state index < -0.39 is 0 Å². The van der Waals surface area contributed by atoms with Crippen LogP contribution in [-0.2, 0) is 11.2 Å². The summed E-state index contributed by atoms with van der Waals surface area (Å²) in [6.07, 6.45) is 0.978. The predicted molar refractivity (Wildman–Crippen MR) is 92.3 cm³/mol. The van der Waals surface area contributed by atoms with Gasteiger partial charge in [0.05, 0.1) is 13.1 Å². The molecule has 122 valence electrons. The molecule has 1 aliphatic heterocycles. The van der Waals surface area contributed by atoms with Gasteiger partial charge in [0.15, 0.2) is 6.54 Å². The molecule has 0 unspecified atom stereocenters. The van der Waals surface area contributed by atoms with Crippen molar-refractivity contribution in [3.63, 3.8) is 0 Å². The number of nitrogens with zero attached hydrogens (tertiary/aromatic N) is 1. The molecule has 0 bridgehead atoms. The number of hydrogen-bond acceptors (Lipinski definition) is 1. The van der Waals surface area contributed by atoms with Gasteiger partial charge in [-0.3, -0.25) is 4.79 Å². The van der Waals surface area contributed by atoms with Crippen LogP contribution in [0, 0.1) is 11.8 Å². The topological polar surface area (TPSA) is 24.8 Å². The summed E-state index contributed by atoms with van der Waals surface area (Å²) in [5.41, 5.74) is 2.42. The van der Waals surface area contributed by atoms with Crippen molar-refractivity contribution in [3.8, 4) is 0 Å². The molecule has 1 amide bonds. The van der Waals surface area contributed by atoms with Crippen LogP contribution in [0.3, 0.4) is 0 Å². The fourth-order valence-corrected chi connectivity index (χ4v) is 3.63. The molecule has 0 spiro atoms. The van der Waals surface area contributed by atoms with Crippen molar-refractivity contribution in [1.29, 1.82) is 0 Å². The van der Waals surface area contributed by atoms with Gasteiger partial charge in [-0.1, -0.05) is 45.9 Å². The molecule has 1 N–H and O–H groups in total. The second kappa shape index (κ2) is 7.28. The zero-order chi connectivity index (χ0) is 16.3. The third-order valence-corrected chi connectivity index (χ3v) is 4.27. The summed E-state index contributed by atoms with van der Waals surface area (Å²) in [4.78, 5) is 16.3. The molecule has 1 aliphatic rings. The highest BCUT2D eigenvalue weighted by Gasteiger charge is 2.32. The van der Waals surface area contributed by atoms with Gasteiger partial charge in [-0.25, -0.2) is 0 Å². The summed E-state index contributed by atoms with van der Waals surface area (Å²) in [5.74, 6) is 1.50. The van der Waals surface area contributed by atoms with Crippen LogP contribution in [0.1, 0.15) is 40.2 Å². The van der Waals surface area contributed by atoms with Crippen molar-refractivity contribution in [2.45, 2.75) is 47.1 Å². The SMILES string of the molecule is CC(C)C[NH+](CC(=O)N1c2ccccc2C[C@@H]1C)CC(C)C. The van der Waals surface area contributed by atoms with E-state index in [9.17, 15) is 4.79 Å². The largest absolute Gasteiger partial charge is 0.327 e. The number of rotatable bonds is 6. The first-order valence-electron chi connectivity index (χ1n) is 8.62. The van der Waals surface area contributed by atoms with Crippen molar-refractivity contribution in [2.24, 2.45) is 11.8 Å². The molecule has 1 heterocycles. The van der Waals surface area contributed by atoms with E-state index in [4.69, 9.17) is 0 Å². The maximum absolute atomic E-state index is 12.9. The van der Waals surface area contributed by atoms with E-state index in [2.05, 4.69) is 52.8 Å². The molecule has 2 rings (SSSR count). The molecule has 0 aromatic heterocycles. The molecule has 3 heteroatoms. The number of carbonyl (C=O) groups excluding carboxylic acids is 1. The van der Waals surface area contributed by atoms with Gasteiger partial charge in [-0.05, 0) is 25.0 Å². The average Bonchev–Trinajstić information content (AvgIpc) is 2.72. The van der Waals surface area contributed by atoms with Crippen molar-refractivity contribution < 1.29 is 9.69 Å². The average molecular weight is 303 g/mol. The summed E-state index contributed by atoms with van der Waals surface area (Å²) < 4.78 is 0. The lowest BCUT2D eigenvalue weighted by atomic mass is 10.1. The van der Waals surface area contributed by atoms with Gasteiger partial charge < -0.3 is 9.80 Å². The number of amides is 1.